The topological polar surface area (TPSA) is 67.1 Å². The lowest BCUT2D eigenvalue weighted by atomic mass is 10.0. The minimum absolute atomic E-state index is 0.145. The van der Waals surface area contributed by atoms with E-state index >= 15 is 0 Å². The van der Waals surface area contributed by atoms with Crippen molar-refractivity contribution >= 4 is 12.2 Å². The first kappa shape index (κ1) is 22.1. The molecule has 1 aromatic rings. The van der Waals surface area contributed by atoms with E-state index in [4.69, 9.17) is 21.7 Å². The van der Waals surface area contributed by atoms with E-state index in [2.05, 4.69) is 16.9 Å². The number of hydrogen-bond acceptors (Lipinski definition) is 4. The van der Waals surface area contributed by atoms with Crippen molar-refractivity contribution in [2.24, 2.45) is 0 Å². The highest BCUT2D eigenvalue weighted by Gasteiger charge is 2.17. The third-order valence-corrected chi connectivity index (χ3v) is 4.72. The monoisotopic (exact) mass is 370 g/mol. The summed E-state index contributed by atoms with van der Waals surface area (Å²) in [7, 11) is 3.10. The zero-order valence-electron chi connectivity index (χ0n) is 16.0. The molecule has 5 nitrogen and oxygen atoms in total. The van der Waals surface area contributed by atoms with Crippen LogP contribution in [0.25, 0.3) is 0 Å². The Morgan fingerprint density at radius 1 is 0.880 bits per heavy atom. The van der Waals surface area contributed by atoms with E-state index < -0.39 is 6.29 Å². The van der Waals surface area contributed by atoms with Crippen LogP contribution in [0.5, 0.6) is 0 Å². The molecule has 0 aliphatic heterocycles. The van der Waals surface area contributed by atoms with E-state index in [-0.39, 0.29) is 5.56 Å². The summed E-state index contributed by atoms with van der Waals surface area (Å²) in [5, 5.41) is 0. The van der Waals surface area contributed by atoms with Crippen LogP contribution in [0.2, 0.25) is 0 Å². The van der Waals surface area contributed by atoms with Gasteiger partial charge in [0.1, 0.15) is 0 Å². The molecule has 0 aromatic carbocycles. The van der Waals surface area contributed by atoms with E-state index in [9.17, 15) is 4.79 Å². The number of methoxy groups -OCH3 is 2. The van der Waals surface area contributed by atoms with Gasteiger partial charge in [0.05, 0.1) is 5.69 Å². The molecule has 1 heterocycles. The predicted octanol–water partition coefficient (Wildman–Crippen LogP) is 5.19. The quantitative estimate of drug-likeness (QED) is 0.269. The Kier molecular flexibility index (Phi) is 11.7. The van der Waals surface area contributed by atoms with Crippen LogP contribution in [0.3, 0.4) is 0 Å². The first-order chi connectivity index (χ1) is 12.1. The molecule has 0 saturated carbocycles. The highest BCUT2D eigenvalue weighted by Crippen LogP contribution is 2.19. The third-order valence-electron chi connectivity index (χ3n) is 4.52. The highest BCUT2D eigenvalue weighted by atomic mass is 32.1. The van der Waals surface area contributed by atoms with Gasteiger partial charge < -0.3 is 14.5 Å². The average Bonchev–Trinajstić information content (AvgIpc) is 2.59. The van der Waals surface area contributed by atoms with Crippen molar-refractivity contribution < 1.29 is 9.47 Å². The summed E-state index contributed by atoms with van der Waals surface area (Å²) >= 11 is 5.06. The van der Waals surface area contributed by atoms with E-state index in [0.29, 0.717) is 22.4 Å². The van der Waals surface area contributed by atoms with E-state index in [1.807, 2.05) is 0 Å². The van der Waals surface area contributed by atoms with Crippen LogP contribution < -0.4 is 5.56 Å². The molecule has 0 radical (unpaired) electrons. The molecule has 2 N–H and O–H groups in total. The van der Waals surface area contributed by atoms with Gasteiger partial charge in [-0.2, -0.15) is 0 Å². The summed E-state index contributed by atoms with van der Waals surface area (Å²) in [6, 6.07) is 0. The van der Waals surface area contributed by atoms with E-state index in [1.165, 1.54) is 51.4 Å². The number of hydrogen-bond donors (Lipinski definition) is 2. The zero-order valence-corrected chi connectivity index (χ0v) is 16.8. The summed E-state index contributed by atoms with van der Waals surface area (Å²) in [6.45, 7) is 2.25. The number of H-pyrrole nitrogens is 2. The highest BCUT2D eigenvalue weighted by molar-refractivity contribution is 7.71. The second kappa shape index (κ2) is 13.3. The van der Waals surface area contributed by atoms with Crippen LogP contribution in [0.15, 0.2) is 4.79 Å². The lowest BCUT2D eigenvalue weighted by Gasteiger charge is -2.16. The molecular formula is C19H34N2O3S. The second-order valence-electron chi connectivity index (χ2n) is 6.54. The van der Waals surface area contributed by atoms with Gasteiger partial charge in [0.25, 0.3) is 5.56 Å². The molecule has 0 atom stereocenters. The molecule has 0 bridgehead atoms. The standard InChI is InChI=1S/C19H34N2O3S/c1-4-5-6-7-8-9-10-11-12-13-14-15-16(18(23-2)24-3)20-19(25)21-17(15)22/h18H,4-14H2,1-3H3,(H2,20,21,22,25). The molecule has 1 aromatic heterocycles. The predicted molar refractivity (Wildman–Crippen MR) is 105 cm³/mol. The first-order valence-electron chi connectivity index (χ1n) is 9.55. The number of aromatic nitrogens is 2. The summed E-state index contributed by atoms with van der Waals surface area (Å²) in [5.74, 6) is 0. The van der Waals surface area contributed by atoms with Gasteiger partial charge in [-0.05, 0) is 25.1 Å². The fourth-order valence-electron chi connectivity index (χ4n) is 3.10. The van der Waals surface area contributed by atoms with Crippen LogP contribution in [0.1, 0.15) is 88.7 Å². The Balaban J connectivity index is 2.39. The van der Waals surface area contributed by atoms with Gasteiger partial charge in [0.2, 0.25) is 0 Å². The molecular weight excluding hydrogens is 336 g/mol. The van der Waals surface area contributed by atoms with Gasteiger partial charge in [-0.3, -0.25) is 9.78 Å². The maximum absolute atomic E-state index is 12.2. The van der Waals surface area contributed by atoms with Gasteiger partial charge >= 0.3 is 0 Å². The minimum atomic E-state index is -0.595. The Hall–Kier alpha value is -0.980. The molecule has 25 heavy (non-hydrogen) atoms. The van der Waals surface area contributed by atoms with E-state index in [0.717, 1.165) is 12.8 Å². The molecule has 6 heteroatoms. The van der Waals surface area contributed by atoms with Crippen molar-refractivity contribution in [1.29, 1.82) is 0 Å². The maximum atomic E-state index is 12.2. The Morgan fingerprint density at radius 3 is 1.92 bits per heavy atom. The van der Waals surface area contributed by atoms with Crippen molar-refractivity contribution in [1.82, 2.24) is 9.97 Å². The number of nitrogens with one attached hydrogen (secondary N) is 2. The van der Waals surface area contributed by atoms with Crippen LogP contribution in [-0.4, -0.2) is 24.2 Å². The van der Waals surface area contributed by atoms with E-state index in [1.54, 1.807) is 14.2 Å². The third kappa shape index (κ3) is 8.29. The van der Waals surface area contributed by atoms with Crippen LogP contribution >= 0.6 is 12.2 Å². The second-order valence-corrected chi connectivity index (χ2v) is 6.94. The first-order valence-corrected chi connectivity index (χ1v) is 9.95. The molecule has 0 aliphatic carbocycles. The van der Waals surface area contributed by atoms with Crippen molar-refractivity contribution in [2.75, 3.05) is 14.2 Å². The maximum Gasteiger partial charge on any atom is 0.255 e. The molecule has 0 saturated heterocycles. The number of rotatable bonds is 14. The molecule has 0 aliphatic rings. The van der Waals surface area contributed by atoms with Crippen LogP contribution in [0, 0.1) is 4.77 Å². The molecule has 144 valence electrons. The largest absolute Gasteiger partial charge is 0.350 e. The van der Waals surface area contributed by atoms with Gasteiger partial charge in [-0.15, -0.1) is 0 Å². The van der Waals surface area contributed by atoms with Crippen molar-refractivity contribution in [2.45, 2.75) is 83.8 Å². The van der Waals surface area contributed by atoms with Gasteiger partial charge in [-0.1, -0.05) is 64.7 Å². The van der Waals surface area contributed by atoms with Crippen molar-refractivity contribution in [3.05, 3.63) is 26.4 Å². The summed E-state index contributed by atoms with van der Waals surface area (Å²) in [4.78, 5) is 17.9. The average molecular weight is 371 g/mol. The normalized spacial score (nSPS) is 11.4. The fourth-order valence-corrected chi connectivity index (χ4v) is 3.30. The van der Waals surface area contributed by atoms with Crippen LogP contribution in [-0.2, 0) is 15.9 Å². The number of unbranched alkanes of at least 4 members (excludes halogenated alkanes) is 9. The smallest absolute Gasteiger partial charge is 0.255 e. The summed E-state index contributed by atoms with van der Waals surface area (Å²) < 4.78 is 10.9. The summed E-state index contributed by atoms with van der Waals surface area (Å²) in [5.41, 5.74) is 1.17. The SMILES string of the molecule is CCCCCCCCCCCCc1c(C(OC)OC)[nH]c(=S)[nH]c1=O. The van der Waals surface area contributed by atoms with Crippen LogP contribution in [0.4, 0.5) is 0 Å². The Morgan fingerprint density at radius 2 is 1.40 bits per heavy atom. The van der Waals surface area contributed by atoms with Gasteiger partial charge in [0, 0.05) is 19.8 Å². The minimum Gasteiger partial charge on any atom is -0.350 e. The fraction of sp³-hybridized carbons (Fsp3) is 0.789. The number of ether oxygens (including phenoxy) is 2. The Bertz CT molecular complexity index is 579. The van der Waals surface area contributed by atoms with Gasteiger partial charge in [0.15, 0.2) is 11.1 Å². The lowest BCUT2D eigenvalue weighted by Crippen LogP contribution is -2.21. The molecule has 0 fully saturated rings. The number of aromatic amines is 2. The van der Waals surface area contributed by atoms with Crippen molar-refractivity contribution in [3.63, 3.8) is 0 Å². The zero-order chi connectivity index (χ0) is 18.5. The van der Waals surface area contributed by atoms with Gasteiger partial charge in [-0.25, -0.2) is 0 Å². The Labute approximate surface area is 156 Å². The summed E-state index contributed by atoms with van der Waals surface area (Å²) in [6.07, 6.45) is 12.8. The molecule has 0 spiro atoms. The molecule has 1 rings (SSSR count). The molecule has 0 unspecified atom stereocenters. The molecule has 0 amide bonds. The van der Waals surface area contributed by atoms with Crippen molar-refractivity contribution in [3.8, 4) is 0 Å². The lowest BCUT2D eigenvalue weighted by molar-refractivity contribution is -0.109.